The lowest BCUT2D eigenvalue weighted by atomic mass is 10.1. The molecule has 0 spiro atoms. The van der Waals surface area contributed by atoms with E-state index in [0.29, 0.717) is 51.5 Å². The first-order chi connectivity index (χ1) is 15.7. The number of anilines is 1. The van der Waals surface area contributed by atoms with Crippen LogP contribution in [-0.2, 0) is 19.1 Å². The highest BCUT2D eigenvalue weighted by molar-refractivity contribution is 6.09. The molecule has 0 saturated carbocycles. The van der Waals surface area contributed by atoms with Gasteiger partial charge in [-0.05, 0) is 36.8 Å². The molecule has 2 amide bonds. The Bertz CT molecular complexity index is 1040. The molecule has 2 heterocycles. The number of fused-ring (bicyclic) bond motifs is 3. The fourth-order valence-corrected chi connectivity index (χ4v) is 3.76. The number of imide groups is 1. The molecule has 0 bridgehead atoms. The minimum absolute atomic E-state index is 0.0108. The van der Waals surface area contributed by atoms with Crippen LogP contribution < -0.4 is 10.6 Å². The average Bonchev–Trinajstić information content (AvgIpc) is 3.13. The van der Waals surface area contributed by atoms with Crippen molar-refractivity contribution in [3.05, 3.63) is 36.5 Å². The quantitative estimate of drug-likeness (QED) is 0.259. The van der Waals surface area contributed by atoms with Crippen LogP contribution >= 0.6 is 0 Å². The van der Waals surface area contributed by atoms with Crippen molar-refractivity contribution in [1.82, 2.24) is 14.9 Å². The van der Waals surface area contributed by atoms with Crippen LogP contribution in [0.1, 0.15) is 25.8 Å². The normalized spacial score (nSPS) is 12.2. The Balaban J connectivity index is 1.80. The van der Waals surface area contributed by atoms with Gasteiger partial charge in [-0.2, -0.15) is 0 Å². The third-order valence-corrected chi connectivity index (χ3v) is 5.12. The molecule has 0 aliphatic heterocycles. The van der Waals surface area contributed by atoms with Crippen molar-refractivity contribution in [3.8, 4) is 0 Å². The molecular formula is C23H30N4O5. The number of carbonyl (C=O) groups is 2. The summed E-state index contributed by atoms with van der Waals surface area (Å²) in [6, 6.07) is 9.31. The topological polar surface area (TPSA) is 115 Å². The molecular weight excluding hydrogens is 412 g/mol. The molecule has 0 radical (unpaired) electrons. The highest BCUT2D eigenvalue weighted by Crippen LogP contribution is 2.33. The molecule has 1 aromatic carbocycles. The van der Waals surface area contributed by atoms with Gasteiger partial charge in [0.25, 0.3) is 0 Å². The molecule has 1 unspecified atom stereocenters. The molecule has 9 heteroatoms. The largest absolute Gasteiger partial charge is 0.394 e. The zero-order valence-electron chi connectivity index (χ0n) is 18.3. The number of nitrogens with one attached hydrogen (secondary N) is 2. The van der Waals surface area contributed by atoms with Crippen molar-refractivity contribution in [2.45, 2.75) is 25.8 Å². The van der Waals surface area contributed by atoms with Crippen LogP contribution in [0.25, 0.3) is 21.9 Å². The molecule has 0 aliphatic carbocycles. The summed E-state index contributed by atoms with van der Waals surface area (Å²) in [5.41, 5.74) is 2.54. The number of rotatable bonds is 14. The number of hydrogen-bond acceptors (Lipinski definition) is 7. The molecule has 0 saturated heterocycles. The maximum Gasteiger partial charge on any atom is 0.249 e. The van der Waals surface area contributed by atoms with Crippen molar-refractivity contribution >= 4 is 39.9 Å². The minimum Gasteiger partial charge on any atom is -0.394 e. The van der Waals surface area contributed by atoms with Crippen molar-refractivity contribution in [3.63, 3.8) is 0 Å². The molecule has 0 fully saturated rings. The van der Waals surface area contributed by atoms with E-state index < -0.39 is 6.04 Å². The van der Waals surface area contributed by atoms with Gasteiger partial charge in [0.15, 0.2) is 0 Å². The van der Waals surface area contributed by atoms with Gasteiger partial charge in [-0.25, -0.2) is 4.98 Å². The van der Waals surface area contributed by atoms with Gasteiger partial charge >= 0.3 is 0 Å². The third-order valence-electron chi connectivity index (χ3n) is 5.12. The molecule has 2 aromatic heterocycles. The smallest absolute Gasteiger partial charge is 0.249 e. The first-order valence-electron chi connectivity index (χ1n) is 10.8. The number of benzene rings is 1. The minimum atomic E-state index is -0.527. The molecule has 172 valence electrons. The summed E-state index contributed by atoms with van der Waals surface area (Å²) in [5.74, 6) is -0.339. The van der Waals surface area contributed by atoms with E-state index in [1.54, 1.807) is 6.20 Å². The third kappa shape index (κ3) is 5.61. The summed E-state index contributed by atoms with van der Waals surface area (Å²) >= 11 is 0. The highest BCUT2D eigenvalue weighted by atomic mass is 16.5. The Labute approximate surface area is 186 Å². The number of carbonyl (C=O) groups excluding carboxylic acids is 2. The SMILES string of the molecule is CCCC(C(=O)NC=O)n1c2ccc(NCCOCCOCCO)cc2c2cccnc21. The summed E-state index contributed by atoms with van der Waals surface area (Å²) in [5, 5.41) is 16.2. The zero-order valence-corrected chi connectivity index (χ0v) is 18.3. The van der Waals surface area contributed by atoms with E-state index in [4.69, 9.17) is 14.6 Å². The molecule has 3 rings (SSSR count). The zero-order chi connectivity index (χ0) is 22.8. The van der Waals surface area contributed by atoms with Crippen LogP contribution in [0.5, 0.6) is 0 Å². The number of ether oxygens (including phenoxy) is 2. The summed E-state index contributed by atoms with van der Waals surface area (Å²) in [6.45, 7) is 4.41. The predicted octanol–water partition coefficient (Wildman–Crippen LogP) is 2.24. The van der Waals surface area contributed by atoms with Gasteiger partial charge < -0.3 is 24.5 Å². The Hall–Kier alpha value is -3.01. The van der Waals surface area contributed by atoms with Gasteiger partial charge in [0.1, 0.15) is 11.7 Å². The van der Waals surface area contributed by atoms with E-state index in [9.17, 15) is 9.59 Å². The van der Waals surface area contributed by atoms with Gasteiger partial charge in [-0.1, -0.05) is 13.3 Å². The van der Waals surface area contributed by atoms with Crippen molar-refractivity contribution in [1.29, 1.82) is 0 Å². The highest BCUT2D eigenvalue weighted by Gasteiger charge is 2.24. The molecule has 0 aliphatic rings. The molecule has 9 nitrogen and oxygen atoms in total. The lowest BCUT2D eigenvalue weighted by molar-refractivity contribution is -0.127. The van der Waals surface area contributed by atoms with E-state index in [2.05, 4.69) is 15.6 Å². The van der Waals surface area contributed by atoms with E-state index >= 15 is 0 Å². The van der Waals surface area contributed by atoms with Crippen molar-refractivity contribution < 1.29 is 24.2 Å². The number of amides is 2. The van der Waals surface area contributed by atoms with E-state index in [1.807, 2.05) is 41.8 Å². The summed E-state index contributed by atoms with van der Waals surface area (Å²) < 4.78 is 12.6. The Morgan fingerprint density at radius 2 is 2.00 bits per heavy atom. The van der Waals surface area contributed by atoms with Crippen LogP contribution in [0, 0.1) is 0 Å². The number of hydrogen-bond donors (Lipinski definition) is 3. The fourth-order valence-electron chi connectivity index (χ4n) is 3.76. The first-order valence-corrected chi connectivity index (χ1v) is 10.8. The first kappa shape index (κ1) is 23.6. The Morgan fingerprint density at radius 1 is 1.19 bits per heavy atom. The number of nitrogens with zero attached hydrogens (tertiary/aromatic N) is 2. The second-order valence-electron chi connectivity index (χ2n) is 7.28. The Kier molecular flexibility index (Phi) is 8.97. The van der Waals surface area contributed by atoms with Crippen LogP contribution in [0.15, 0.2) is 36.5 Å². The predicted molar refractivity (Wildman–Crippen MR) is 123 cm³/mol. The van der Waals surface area contributed by atoms with E-state index in [1.165, 1.54) is 0 Å². The van der Waals surface area contributed by atoms with Crippen LogP contribution in [-0.4, -0.2) is 66.6 Å². The number of pyridine rings is 1. The maximum absolute atomic E-state index is 12.6. The second kappa shape index (κ2) is 12.1. The molecule has 32 heavy (non-hydrogen) atoms. The molecule has 3 aromatic rings. The van der Waals surface area contributed by atoms with Gasteiger partial charge in [-0.3, -0.25) is 14.9 Å². The fraction of sp³-hybridized carbons (Fsp3) is 0.435. The lowest BCUT2D eigenvalue weighted by Gasteiger charge is -2.18. The standard InChI is InChI=1S/C23H30N4O5/c1-2-4-21(23(30)26-16-29)27-20-7-6-17(24-9-11-31-13-14-32-12-10-28)15-19(20)18-5-3-8-25-22(18)27/h3,5-8,15-16,21,24,28H,2,4,9-14H2,1H3,(H,26,29,30). The average molecular weight is 443 g/mol. The van der Waals surface area contributed by atoms with Gasteiger partial charge in [0.2, 0.25) is 12.3 Å². The number of aromatic nitrogens is 2. The summed E-state index contributed by atoms with van der Waals surface area (Å²) in [4.78, 5) is 28.1. The van der Waals surface area contributed by atoms with Crippen LogP contribution in [0.2, 0.25) is 0 Å². The van der Waals surface area contributed by atoms with Gasteiger partial charge in [-0.15, -0.1) is 0 Å². The van der Waals surface area contributed by atoms with Crippen molar-refractivity contribution in [2.24, 2.45) is 0 Å². The van der Waals surface area contributed by atoms with E-state index in [0.717, 1.165) is 28.4 Å². The monoisotopic (exact) mass is 442 g/mol. The Morgan fingerprint density at radius 3 is 2.75 bits per heavy atom. The van der Waals surface area contributed by atoms with Gasteiger partial charge in [0, 0.05) is 29.2 Å². The number of aliphatic hydroxyl groups is 1. The lowest BCUT2D eigenvalue weighted by Crippen LogP contribution is -2.31. The van der Waals surface area contributed by atoms with Crippen LogP contribution in [0.3, 0.4) is 0 Å². The molecule has 1 atom stereocenters. The summed E-state index contributed by atoms with van der Waals surface area (Å²) in [7, 11) is 0. The van der Waals surface area contributed by atoms with Gasteiger partial charge in [0.05, 0.1) is 38.6 Å². The summed E-state index contributed by atoms with van der Waals surface area (Å²) in [6.07, 6.45) is 3.51. The molecule has 3 N–H and O–H groups in total. The van der Waals surface area contributed by atoms with E-state index in [-0.39, 0.29) is 12.5 Å². The second-order valence-corrected chi connectivity index (χ2v) is 7.28. The van der Waals surface area contributed by atoms with Crippen molar-refractivity contribution in [2.75, 3.05) is 44.9 Å². The number of aliphatic hydroxyl groups excluding tert-OH is 1. The van der Waals surface area contributed by atoms with Crippen LogP contribution in [0.4, 0.5) is 5.69 Å². The maximum atomic E-state index is 12.6.